The van der Waals surface area contributed by atoms with E-state index in [1.807, 2.05) is 6.07 Å². The van der Waals surface area contributed by atoms with Crippen LogP contribution in [0.4, 0.5) is 9.59 Å². The fourth-order valence-corrected chi connectivity index (χ4v) is 2.74. The van der Waals surface area contributed by atoms with Crippen molar-refractivity contribution < 1.29 is 9.59 Å². The third kappa shape index (κ3) is 2.97. The van der Waals surface area contributed by atoms with Crippen molar-refractivity contribution >= 4 is 28.0 Å². The fourth-order valence-electron chi connectivity index (χ4n) is 2.32. The molecule has 2 rings (SSSR count). The summed E-state index contributed by atoms with van der Waals surface area (Å²) in [6.07, 6.45) is 0. The number of carbonyl (C=O) groups excluding carboxylic acids is 2. The number of halogens is 1. The zero-order valence-corrected chi connectivity index (χ0v) is 13.8. The Morgan fingerprint density at radius 3 is 2.86 bits per heavy atom. The van der Waals surface area contributed by atoms with E-state index in [0.717, 1.165) is 9.37 Å². The van der Waals surface area contributed by atoms with E-state index in [1.54, 1.807) is 32.0 Å². The van der Waals surface area contributed by atoms with Gasteiger partial charge in [-0.15, -0.1) is 0 Å². The van der Waals surface area contributed by atoms with Crippen LogP contribution in [0.3, 0.4) is 0 Å². The fraction of sp³-hybridized carbons (Fsp3) is 0.267. The number of nitriles is 1. The maximum Gasteiger partial charge on any atom is 0.330 e. The highest BCUT2D eigenvalue weighted by Gasteiger charge is 2.38. The van der Waals surface area contributed by atoms with Crippen LogP contribution >= 0.6 is 15.9 Å². The van der Waals surface area contributed by atoms with E-state index in [-0.39, 0.29) is 0 Å². The van der Waals surface area contributed by atoms with Gasteiger partial charge in [0.2, 0.25) is 0 Å². The maximum atomic E-state index is 12.3. The van der Waals surface area contributed by atoms with Gasteiger partial charge in [0.15, 0.2) is 0 Å². The molecule has 22 heavy (non-hydrogen) atoms. The Morgan fingerprint density at radius 2 is 2.27 bits per heavy atom. The Kier molecular flexibility index (Phi) is 4.83. The van der Waals surface area contributed by atoms with Gasteiger partial charge in [-0.1, -0.05) is 28.1 Å². The predicted molar refractivity (Wildman–Crippen MR) is 84.6 cm³/mol. The van der Waals surface area contributed by atoms with Crippen LogP contribution in [-0.4, -0.2) is 23.5 Å². The smallest absolute Gasteiger partial charge is 0.330 e. The molecule has 1 aromatic rings. The first-order valence-corrected chi connectivity index (χ1v) is 7.53. The van der Waals surface area contributed by atoms with Gasteiger partial charge >= 0.3 is 12.1 Å². The lowest BCUT2D eigenvalue weighted by atomic mass is 9.95. The number of urea groups is 2. The van der Waals surface area contributed by atoms with Crippen molar-refractivity contribution in [1.82, 2.24) is 15.5 Å². The summed E-state index contributed by atoms with van der Waals surface area (Å²) >= 11 is 3.37. The molecule has 7 heteroatoms. The van der Waals surface area contributed by atoms with E-state index >= 15 is 0 Å². The van der Waals surface area contributed by atoms with Gasteiger partial charge < -0.3 is 10.6 Å². The van der Waals surface area contributed by atoms with Crippen LogP contribution in [0.2, 0.25) is 0 Å². The van der Waals surface area contributed by atoms with Crippen molar-refractivity contribution in [3.8, 4) is 6.07 Å². The van der Waals surface area contributed by atoms with E-state index in [2.05, 4.69) is 32.6 Å². The molecule has 0 spiro atoms. The summed E-state index contributed by atoms with van der Waals surface area (Å²) in [4.78, 5) is 25.5. The van der Waals surface area contributed by atoms with Gasteiger partial charge in [-0.3, -0.25) is 0 Å². The number of imide groups is 1. The van der Waals surface area contributed by atoms with Gasteiger partial charge in [0.1, 0.15) is 6.04 Å². The molecule has 0 aromatic heterocycles. The van der Waals surface area contributed by atoms with Crippen molar-refractivity contribution in [3.63, 3.8) is 0 Å². The van der Waals surface area contributed by atoms with Crippen molar-refractivity contribution in [2.45, 2.75) is 19.9 Å². The molecule has 0 radical (unpaired) electrons. The Hall–Kier alpha value is -2.33. The number of rotatable bonds is 2. The number of allylic oxidation sites excluding steroid dienone is 1. The Balaban J connectivity index is 2.58. The highest BCUT2D eigenvalue weighted by Crippen LogP contribution is 2.34. The zero-order valence-electron chi connectivity index (χ0n) is 12.2. The summed E-state index contributed by atoms with van der Waals surface area (Å²) in [6, 6.07) is 7.48. The van der Waals surface area contributed by atoms with Gasteiger partial charge in [0, 0.05) is 16.7 Å². The summed E-state index contributed by atoms with van der Waals surface area (Å²) in [5.74, 6) is 0. The first-order valence-electron chi connectivity index (χ1n) is 6.74. The number of amides is 4. The van der Waals surface area contributed by atoms with Crippen LogP contribution < -0.4 is 10.6 Å². The molecule has 2 N–H and O–H groups in total. The Morgan fingerprint density at radius 1 is 1.55 bits per heavy atom. The minimum Gasteiger partial charge on any atom is -0.338 e. The number of nitrogens with zero attached hydrogens (tertiary/aromatic N) is 2. The Bertz CT molecular complexity index is 693. The molecule has 1 heterocycles. The predicted octanol–water partition coefficient (Wildman–Crippen LogP) is 3.04. The summed E-state index contributed by atoms with van der Waals surface area (Å²) < 4.78 is 0.807. The summed E-state index contributed by atoms with van der Waals surface area (Å²) in [6.45, 7) is 3.80. The molecule has 0 bridgehead atoms. The minimum atomic E-state index is -0.747. The topological polar surface area (TPSA) is 85.2 Å². The van der Waals surface area contributed by atoms with Crippen molar-refractivity contribution in [2.24, 2.45) is 0 Å². The van der Waals surface area contributed by atoms with Crippen LogP contribution in [-0.2, 0) is 0 Å². The normalized spacial score (nSPS) is 17.8. The molecule has 114 valence electrons. The molecular weight excluding hydrogens is 348 g/mol. The first kappa shape index (κ1) is 16.0. The SMILES string of the molecule is CCNC(=O)N1C(=O)NC(C)=C(C#N)C1c1cccc(Br)c1. The minimum absolute atomic E-state index is 0.337. The van der Waals surface area contributed by atoms with E-state index in [4.69, 9.17) is 0 Å². The number of nitrogens with one attached hydrogen (secondary N) is 2. The third-order valence-electron chi connectivity index (χ3n) is 3.28. The molecule has 1 aliphatic rings. The number of hydrogen-bond acceptors (Lipinski definition) is 3. The van der Waals surface area contributed by atoms with E-state index in [1.165, 1.54) is 0 Å². The second kappa shape index (κ2) is 6.62. The molecule has 1 aliphatic heterocycles. The molecule has 1 unspecified atom stereocenters. The van der Waals surface area contributed by atoms with E-state index in [9.17, 15) is 14.9 Å². The van der Waals surface area contributed by atoms with Crippen LogP contribution in [0.5, 0.6) is 0 Å². The quantitative estimate of drug-likeness (QED) is 0.847. The summed E-state index contributed by atoms with van der Waals surface area (Å²) in [5.41, 5.74) is 1.48. The average molecular weight is 363 g/mol. The third-order valence-corrected chi connectivity index (χ3v) is 3.77. The molecule has 1 aromatic carbocycles. The highest BCUT2D eigenvalue weighted by atomic mass is 79.9. The lowest BCUT2D eigenvalue weighted by molar-refractivity contribution is 0.173. The maximum absolute atomic E-state index is 12.3. The largest absolute Gasteiger partial charge is 0.338 e. The monoisotopic (exact) mass is 362 g/mol. The van der Waals surface area contributed by atoms with Crippen LogP contribution in [0.15, 0.2) is 40.0 Å². The van der Waals surface area contributed by atoms with Gasteiger partial charge in [-0.25, -0.2) is 14.5 Å². The molecule has 4 amide bonds. The highest BCUT2D eigenvalue weighted by molar-refractivity contribution is 9.10. The van der Waals surface area contributed by atoms with Gasteiger partial charge in [0.25, 0.3) is 0 Å². The second-order valence-corrected chi connectivity index (χ2v) is 5.66. The number of hydrogen-bond donors (Lipinski definition) is 2. The summed E-state index contributed by atoms with van der Waals surface area (Å²) in [5, 5.41) is 14.6. The summed E-state index contributed by atoms with van der Waals surface area (Å²) in [7, 11) is 0. The van der Waals surface area contributed by atoms with E-state index < -0.39 is 18.1 Å². The van der Waals surface area contributed by atoms with Gasteiger partial charge in [0.05, 0.1) is 11.6 Å². The molecule has 0 saturated carbocycles. The van der Waals surface area contributed by atoms with Crippen LogP contribution in [0, 0.1) is 11.3 Å². The zero-order chi connectivity index (χ0) is 16.3. The van der Waals surface area contributed by atoms with Gasteiger partial charge in [-0.2, -0.15) is 5.26 Å². The molecule has 0 saturated heterocycles. The standard InChI is InChI=1S/C15H15BrN4O2/c1-3-18-14(21)20-13(10-5-4-6-11(16)7-10)12(8-17)9(2)19-15(20)22/h4-7,13H,3H2,1-2H3,(H,18,21)(H,19,22). The molecule has 6 nitrogen and oxygen atoms in total. The Labute approximate surface area is 136 Å². The van der Waals surface area contributed by atoms with Crippen LogP contribution in [0.1, 0.15) is 25.5 Å². The van der Waals surface area contributed by atoms with Crippen molar-refractivity contribution in [1.29, 1.82) is 5.26 Å². The molecule has 0 fully saturated rings. The number of benzene rings is 1. The average Bonchev–Trinajstić information content (AvgIpc) is 2.46. The lowest BCUT2D eigenvalue weighted by Crippen LogP contribution is -2.53. The van der Waals surface area contributed by atoms with Crippen molar-refractivity contribution in [2.75, 3.05) is 6.54 Å². The van der Waals surface area contributed by atoms with Crippen LogP contribution in [0.25, 0.3) is 0 Å². The molecule has 1 atom stereocenters. The molecular formula is C15H15BrN4O2. The second-order valence-electron chi connectivity index (χ2n) is 4.74. The number of carbonyl (C=O) groups is 2. The van der Waals surface area contributed by atoms with Gasteiger partial charge in [-0.05, 0) is 31.5 Å². The van der Waals surface area contributed by atoms with Crippen molar-refractivity contribution in [3.05, 3.63) is 45.6 Å². The lowest BCUT2D eigenvalue weighted by Gasteiger charge is -2.34. The van der Waals surface area contributed by atoms with E-state index in [0.29, 0.717) is 23.4 Å². The first-order chi connectivity index (χ1) is 10.5. The molecule has 0 aliphatic carbocycles.